The molecule has 0 radical (unpaired) electrons. The number of rotatable bonds is 7. The smallest absolute Gasteiger partial charge is 0.335 e. The average molecular weight is 514 g/mol. The molecule has 4 rings (SSSR count). The summed E-state index contributed by atoms with van der Waals surface area (Å²) in [5.74, 6) is -2.19. The molecule has 196 valence electrons. The zero-order chi connectivity index (χ0) is 27.6. The molecule has 7 heteroatoms. The van der Waals surface area contributed by atoms with Crippen molar-refractivity contribution in [2.75, 3.05) is 6.61 Å². The number of carbonyl (C=O) groups excluding carboxylic acids is 2. The van der Waals surface area contributed by atoms with Gasteiger partial charge in [-0.15, -0.1) is 0 Å². The second kappa shape index (κ2) is 10.5. The first-order valence-electron chi connectivity index (χ1n) is 12.5. The van der Waals surface area contributed by atoms with Gasteiger partial charge >= 0.3 is 5.97 Å². The predicted octanol–water partition coefficient (Wildman–Crippen LogP) is 5.70. The van der Waals surface area contributed by atoms with Crippen molar-refractivity contribution in [3.05, 3.63) is 106 Å². The minimum absolute atomic E-state index is 0.00447. The van der Waals surface area contributed by atoms with Crippen LogP contribution in [0.5, 0.6) is 5.75 Å². The first kappa shape index (κ1) is 26.7. The van der Waals surface area contributed by atoms with Crippen molar-refractivity contribution in [2.45, 2.75) is 45.7 Å². The van der Waals surface area contributed by atoms with Gasteiger partial charge in [0.05, 0.1) is 23.8 Å². The fourth-order valence-electron chi connectivity index (χ4n) is 4.54. The quantitative estimate of drug-likeness (QED) is 0.239. The normalized spacial score (nSPS) is 17.1. The van der Waals surface area contributed by atoms with Gasteiger partial charge < -0.3 is 19.8 Å². The lowest BCUT2D eigenvalue weighted by atomic mass is 9.85. The molecule has 0 saturated carbocycles. The number of benzene rings is 3. The Labute approximate surface area is 222 Å². The fourth-order valence-corrected chi connectivity index (χ4v) is 4.54. The molecule has 1 fully saturated rings. The highest BCUT2D eigenvalue weighted by atomic mass is 16.5. The Balaban J connectivity index is 1.80. The number of hydrogen-bond donors (Lipinski definition) is 2. The number of aliphatic hydroxyl groups is 1. The van der Waals surface area contributed by atoms with Gasteiger partial charge in [0.25, 0.3) is 11.7 Å². The molecule has 7 nitrogen and oxygen atoms in total. The Morgan fingerprint density at radius 3 is 1.97 bits per heavy atom. The van der Waals surface area contributed by atoms with Crippen LogP contribution in [0.25, 0.3) is 5.76 Å². The number of aliphatic hydroxyl groups excluding tert-OH is 1. The molecule has 1 aliphatic heterocycles. The van der Waals surface area contributed by atoms with E-state index in [1.807, 2.05) is 31.2 Å². The van der Waals surface area contributed by atoms with E-state index in [0.717, 1.165) is 5.56 Å². The number of amides is 1. The van der Waals surface area contributed by atoms with E-state index in [4.69, 9.17) is 4.74 Å². The Bertz CT molecular complexity index is 1380. The van der Waals surface area contributed by atoms with Gasteiger partial charge in [0.2, 0.25) is 0 Å². The molecule has 3 aromatic rings. The fraction of sp³-hybridized carbons (Fsp3) is 0.258. The number of ether oxygens (including phenoxy) is 1. The molecule has 2 N–H and O–H groups in total. The van der Waals surface area contributed by atoms with Crippen LogP contribution in [0.4, 0.5) is 0 Å². The Kier molecular flexibility index (Phi) is 7.39. The highest BCUT2D eigenvalue weighted by molar-refractivity contribution is 6.46. The number of ketones is 1. The SMILES string of the molecule is CCOc1ccc(/C(O)=C2\C(=O)C(=O)N(Cc3ccc(C(=O)O)cc3)C2c2ccc(C(C)(C)C)cc2)cc1. The number of carbonyl (C=O) groups is 3. The monoisotopic (exact) mass is 513 g/mol. The van der Waals surface area contributed by atoms with E-state index >= 15 is 0 Å². The number of nitrogens with zero attached hydrogens (tertiary/aromatic N) is 1. The maximum Gasteiger partial charge on any atom is 0.335 e. The van der Waals surface area contributed by atoms with Crippen LogP contribution in [0, 0.1) is 0 Å². The van der Waals surface area contributed by atoms with E-state index in [2.05, 4.69) is 20.8 Å². The molecule has 1 unspecified atom stereocenters. The number of carboxylic acids is 1. The number of aromatic carboxylic acids is 1. The number of Topliss-reactive ketones (excluding diaryl/α,β-unsaturated/α-hetero) is 1. The highest BCUT2D eigenvalue weighted by Gasteiger charge is 2.46. The van der Waals surface area contributed by atoms with Crippen molar-refractivity contribution in [2.24, 2.45) is 0 Å². The van der Waals surface area contributed by atoms with Gasteiger partial charge in [-0.25, -0.2) is 4.79 Å². The summed E-state index contributed by atoms with van der Waals surface area (Å²) < 4.78 is 5.48. The van der Waals surface area contributed by atoms with Gasteiger partial charge in [0.15, 0.2) is 0 Å². The van der Waals surface area contributed by atoms with Crippen LogP contribution < -0.4 is 4.74 Å². The summed E-state index contributed by atoms with van der Waals surface area (Å²) >= 11 is 0. The lowest BCUT2D eigenvalue weighted by Gasteiger charge is -2.26. The molecular formula is C31H31NO6. The first-order chi connectivity index (χ1) is 18.0. The van der Waals surface area contributed by atoms with Crippen molar-refractivity contribution >= 4 is 23.4 Å². The number of likely N-dealkylation sites (tertiary alicyclic amines) is 1. The zero-order valence-corrected chi connectivity index (χ0v) is 21.9. The number of hydrogen-bond acceptors (Lipinski definition) is 5. The van der Waals surface area contributed by atoms with Gasteiger partial charge in [-0.05, 0) is 65.4 Å². The van der Waals surface area contributed by atoms with Crippen LogP contribution in [0.15, 0.2) is 78.4 Å². The molecule has 38 heavy (non-hydrogen) atoms. The minimum atomic E-state index is -1.05. The molecule has 1 heterocycles. The lowest BCUT2D eigenvalue weighted by Crippen LogP contribution is -2.29. The molecule has 0 spiro atoms. The summed E-state index contributed by atoms with van der Waals surface area (Å²) in [6.45, 7) is 8.72. The Morgan fingerprint density at radius 1 is 0.868 bits per heavy atom. The third-order valence-electron chi connectivity index (χ3n) is 6.62. The van der Waals surface area contributed by atoms with E-state index < -0.39 is 23.7 Å². The molecule has 1 amide bonds. The maximum absolute atomic E-state index is 13.3. The molecule has 1 aliphatic rings. The summed E-state index contributed by atoms with van der Waals surface area (Å²) in [5, 5.41) is 20.5. The van der Waals surface area contributed by atoms with Crippen molar-refractivity contribution < 1.29 is 29.3 Å². The van der Waals surface area contributed by atoms with Crippen LogP contribution in [0.3, 0.4) is 0 Å². The summed E-state index contributed by atoms with van der Waals surface area (Å²) in [7, 11) is 0. The van der Waals surface area contributed by atoms with Gasteiger partial charge in [0, 0.05) is 12.1 Å². The minimum Gasteiger partial charge on any atom is -0.507 e. The van der Waals surface area contributed by atoms with Crippen LogP contribution in [-0.4, -0.2) is 39.4 Å². The third-order valence-corrected chi connectivity index (χ3v) is 6.62. The molecular weight excluding hydrogens is 482 g/mol. The van der Waals surface area contributed by atoms with Gasteiger partial charge in [-0.3, -0.25) is 9.59 Å². The molecule has 3 aromatic carbocycles. The zero-order valence-electron chi connectivity index (χ0n) is 21.9. The van der Waals surface area contributed by atoms with Crippen LogP contribution in [-0.2, 0) is 21.5 Å². The number of carboxylic acid groups (broad SMARTS) is 1. The van der Waals surface area contributed by atoms with E-state index in [9.17, 15) is 24.6 Å². The largest absolute Gasteiger partial charge is 0.507 e. The first-order valence-corrected chi connectivity index (χ1v) is 12.5. The average Bonchev–Trinajstić information content (AvgIpc) is 3.13. The second-order valence-electron chi connectivity index (χ2n) is 10.3. The summed E-state index contributed by atoms with van der Waals surface area (Å²) in [6, 6.07) is 19.7. The van der Waals surface area contributed by atoms with Gasteiger partial charge in [-0.2, -0.15) is 0 Å². The van der Waals surface area contributed by atoms with E-state index in [-0.39, 0.29) is 28.9 Å². The van der Waals surface area contributed by atoms with Gasteiger partial charge in [0.1, 0.15) is 11.5 Å². The summed E-state index contributed by atoms with van der Waals surface area (Å²) in [4.78, 5) is 39.3. The van der Waals surface area contributed by atoms with Crippen LogP contribution in [0.2, 0.25) is 0 Å². The standard InChI is InChI=1S/C31H31NO6/c1-5-38-24-16-12-21(13-17-24)27(33)25-26(20-10-14-23(15-11-20)31(2,3)4)32(29(35)28(25)34)18-19-6-8-22(9-7-19)30(36)37/h6-17,26,33H,5,18H2,1-4H3,(H,36,37)/b27-25+. The molecule has 1 atom stereocenters. The summed E-state index contributed by atoms with van der Waals surface area (Å²) in [5.41, 5.74) is 2.88. The third kappa shape index (κ3) is 5.32. The van der Waals surface area contributed by atoms with Crippen LogP contribution in [0.1, 0.15) is 66.3 Å². The lowest BCUT2D eigenvalue weighted by molar-refractivity contribution is -0.140. The Hall–Kier alpha value is -4.39. The molecule has 0 aromatic heterocycles. The predicted molar refractivity (Wildman–Crippen MR) is 144 cm³/mol. The van der Waals surface area contributed by atoms with Crippen LogP contribution >= 0.6 is 0 Å². The van der Waals surface area contributed by atoms with Crippen molar-refractivity contribution in [1.29, 1.82) is 0 Å². The highest BCUT2D eigenvalue weighted by Crippen LogP contribution is 2.41. The Morgan fingerprint density at radius 2 is 1.45 bits per heavy atom. The van der Waals surface area contributed by atoms with Gasteiger partial charge in [-0.1, -0.05) is 57.2 Å². The van der Waals surface area contributed by atoms with Crippen molar-refractivity contribution in [3.63, 3.8) is 0 Å². The maximum atomic E-state index is 13.3. The second-order valence-corrected chi connectivity index (χ2v) is 10.3. The van der Waals surface area contributed by atoms with E-state index in [0.29, 0.717) is 29.0 Å². The van der Waals surface area contributed by atoms with E-state index in [1.165, 1.54) is 17.0 Å². The summed E-state index contributed by atoms with van der Waals surface area (Å²) in [6.07, 6.45) is 0. The van der Waals surface area contributed by atoms with E-state index in [1.54, 1.807) is 36.4 Å². The van der Waals surface area contributed by atoms with Crippen molar-refractivity contribution in [1.82, 2.24) is 4.90 Å². The van der Waals surface area contributed by atoms with Crippen molar-refractivity contribution in [3.8, 4) is 5.75 Å². The molecule has 1 saturated heterocycles. The molecule has 0 bridgehead atoms. The molecule has 0 aliphatic carbocycles. The topological polar surface area (TPSA) is 104 Å².